The van der Waals surface area contributed by atoms with Crippen LogP contribution in [-0.4, -0.2) is 5.75 Å². The van der Waals surface area contributed by atoms with Crippen molar-refractivity contribution in [2.24, 2.45) is 0 Å². The van der Waals surface area contributed by atoms with Gasteiger partial charge in [0.25, 0.3) is 0 Å². The molecule has 0 bridgehead atoms. The van der Waals surface area contributed by atoms with Crippen molar-refractivity contribution < 1.29 is 0 Å². The fourth-order valence-electron chi connectivity index (χ4n) is 1.29. The van der Waals surface area contributed by atoms with Gasteiger partial charge in [0.1, 0.15) is 0 Å². The van der Waals surface area contributed by atoms with Gasteiger partial charge in [-0.1, -0.05) is 38.2 Å². The largest absolute Gasteiger partial charge is 0.130 e. The fourth-order valence-corrected chi connectivity index (χ4v) is 2.25. The Morgan fingerprint density at radius 1 is 1.33 bits per heavy atom. The monoisotopic (exact) mass is 180 g/mol. The lowest BCUT2D eigenvalue weighted by Gasteiger charge is -2.06. The second-order valence-electron chi connectivity index (χ2n) is 2.73. The summed E-state index contributed by atoms with van der Waals surface area (Å²) >= 11 is 1.98. The summed E-state index contributed by atoms with van der Waals surface area (Å²) < 4.78 is 0. The van der Waals surface area contributed by atoms with Crippen LogP contribution in [0, 0.1) is 0 Å². The van der Waals surface area contributed by atoms with Crippen LogP contribution in [0.1, 0.15) is 26.7 Å². The van der Waals surface area contributed by atoms with Crippen LogP contribution in [0.2, 0.25) is 0 Å². The highest BCUT2D eigenvalue weighted by Gasteiger charge is 2.02. The van der Waals surface area contributed by atoms with Gasteiger partial charge >= 0.3 is 0 Å². The van der Waals surface area contributed by atoms with Crippen LogP contribution in [0.15, 0.2) is 34.8 Å². The minimum Gasteiger partial charge on any atom is -0.130 e. The van der Waals surface area contributed by atoms with Gasteiger partial charge in [-0.05, 0) is 29.1 Å². The first-order valence-electron chi connectivity index (χ1n) is 4.56. The lowest BCUT2D eigenvalue weighted by molar-refractivity contribution is 1.12. The van der Waals surface area contributed by atoms with E-state index in [0.717, 1.165) is 12.8 Å². The van der Waals surface area contributed by atoms with Gasteiger partial charge in [-0.3, -0.25) is 0 Å². The Kier molecular flexibility index (Phi) is 4.23. The normalized spacial score (nSPS) is 16.8. The molecule has 0 aromatic heterocycles. The van der Waals surface area contributed by atoms with E-state index in [1.54, 1.807) is 4.91 Å². The summed E-state index contributed by atoms with van der Waals surface area (Å²) in [6.07, 6.45) is 11.0. The molecule has 0 atom stereocenters. The Morgan fingerprint density at radius 3 is 2.83 bits per heavy atom. The van der Waals surface area contributed by atoms with E-state index in [0.29, 0.717) is 0 Å². The Morgan fingerprint density at radius 2 is 2.17 bits per heavy atom. The Hall–Kier alpha value is -0.430. The summed E-state index contributed by atoms with van der Waals surface area (Å²) in [7, 11) is 0. The third kappa shape index (κ3) is 2.56. The second-order valence-corrected chi connectivity index (χ2v) is 4.09. The lowest BCUT2D eigenvalue weighted by atomic mass is 10.2. The van der Waals surface area contributed by atoms with Crippen LogP contribution in [0.25, 0.3) is 0 Å². The molecule has 0 spiro atoms. The third-order valence-corrected chi connectivity index (χ3v) is 2.97. The van der Waals surface area contributed by atoms with Crippen molar-refractivity contribution in [3.63, 3.8) is 0 Å². The predicted molar refractivity (Wildman–Crippen MR) is 58.3 cm³/mol. The highest BCUT2D eigenvalue weighted by molar-refractivity contribution is 8.03. The molecular formula is C11H16S. The average molecular weight is 180 g/mol. The summed E-state index contributed by atoms with van der Waals surface area (Å²) in [5.41, 5.74) is 1.51. The first kappa shape index (κ1) is 9.66. The number of rotatable bonds is 3. The molecule has 0 amide bonds. The molecule has 0 radical (unpaired) electrons. The van der Waals surface area contributed by atoms with Crippen LogP contribution in [0.5, 0.6) is 0 Å². The van der Waals surface area contributed by atoms with Crippen molar-refractivity contribution in [1.29, 1.82) is 0 Å². The maximum Gasteiger partial charge on any atom is -0.00314 e. The molecule has 0 N–H and O–H groups in total. The standard InChI is InChI=1S/C11H16S/c1-3-10-8-6-5-7-9-11(10)12-4-2/h5-8H,3-4,9H2,1-2H3. The lowest BCUT2D eigenvalue weighted by Crippen LogP contribution is -1.83. The summed E-state index contributed by atoms with van der Waals surface area (Å²) in [6, 6.07) is 0. The van der Waals surface area contributed by atoms with Crippen LogP contribution < -0.4 is 0 Å². The van der Waals surface area contributed by atoms with E-state index in [1.807, 2.05) is 11.8 Å². The average Bonchev–Trinajstić information content (AvgIpc) is 2.30. The van der Waals surface area contributed by atoms with Crippen molar-refractivity contribution >= 4 is 11.8 Å². The molecule has 0 aromatic carbocycles. The molecule has 1 aliphatic rings. The van der Waals surface area contributed by atoms with E-state index < -0.39 is 0 Å². The van der Waals surface area contributed by atoms with Gasteiger partial charge in [-0.2, -0.15) is 0 Å². The second kappa shape index (κ2) is 5.26. The number of allylic oxidation sites excluding steroid dienone is 6. The predicted octanol–water partition coefficient (Wildman–Crippen LogP) is 3.92. The van der Waals surface area contributed by atoms with Crippen LogP contribution in [-0.2, 0) is 0 Å². The first-order chi connectivity index (χ1) is 5.88. The minimum absolute atomic E-state index is 1.12. The number of hydrogen-bond acceptors (Lipinski definition) is 1. The van der Waals surface area contributed by atoms with E-state index in [-0.39, 0.29) is 0 Å². The van der Waals surface area contributed by atoms with E-state index in [9.17, 15) is 0 Å². The molecule has 0 saturated carbocycles. The quantitative estimate of drug-likeness (QED) is 0.634. The third-order valence-electron chi connectivity index (χ3n) is 1.91. The van der Waals surface area contributed by atoms with Crippen molar-refractivity contribution in [3.05, 3.63) is 34.8 Å². The summed E-state index contributed by atoms with van der Waals surface area (Å²) in [5, 5.41) is 0. The van der Waals surface area contributed by atoms with Gasteiger partial charge in [-0.15, -0.1) is 11.8 Å². The van der Waals surface area contributed by atoms with Crippen LogP contribution in [0.4, 0.5) is 0 Å². The van der Waals surface area contributed by atoms with Gasteiger partial charge in [0.15, 0.2) is 0 Å². The molecule has 0 nitrogen and oxygen atoms in total. The zero-order valence-electron chi connectivity index (χ0n) is 7.84. The zero-order valence-corrected chi connectivity index (χ0v) is 8.66. The molecule has 0 heterocycles. The van der Waals surface area contributed by atoms with Gasteiger partial charge in [0.2, 0.25) is 0 Å². The van der Waals surface area contributed by atoms with Crippen molar-refractivity contribution in [2.75, 3.05) is 5.75 Å². The molecule has 0 fully saturated rings. The molecule has 0 aliphatic heterocycles. The van der Waals surface area contributed by atoms with Gasteiger partial charge in [0, 0.05) is 0 Å². The van der Waals surface area contributed by atoms with E-state index in [2.05, 4.69) is 38.2 Å². The molecular weight excluding hydrogens is 164 g/mol. The molecule has 1 heteroatoms. The molecule has 12 heavy (non-hydrogen) atoms. The smallest absolute Gasteiger partial charge is 0.00314 e. The van der Waals surface area contributed by atoms with E-state index >= 15 is 0 Å². The number of hydrogen-bond donors (Lipinski definition) is 0. The Bertz CT molecular complexity index is 221. The fraction of sp³-hybridized carbons (Fsp3) is 0.455. The maximum absolute atomic E-state index is 2.24. The molecule has 0 unspecified atom stereocenters. The molecule has 1 rings (SSSR count). The molecule has 66 valence electrons. The highest BCUT2D eigenvalue weighted by Crippen LogP contribution is 2.27. The van der Waals surface area contributed by atoms with E-state index in [1.165, 1.54) is 11.3 Å². The minimum atomic E-state index is 1.12. The van der Waals surface area contributed by atoms with Crippen molar-refractivity contribution in [3.8, 4) is 0 Å². The molecule has 1 aliphatic carbocycles. The molecule has 0 aromatic rings. The SMILES string of the molecule is CCSC1=C(CC)C=CC=CC1. The van der Waals surface area contributed by atoms with Crippen molar-refractivity contribution in [1.82, 2.24) is 0 Å². The summed E-state index contributed by atoms with van der Waals surface area (Å²) in [4.78, 5) is 1.55. The van der Waals surface area contributed by atoms with E-state index in [4.69, 9.17) is 0 Å². The highest BCUT2D eigenvalue weighted by atomic mass is 32.2. The van der Waals surface area contributed by atoms with Crippen LogP contribution in [0.3, 0.4) is 0 Å². The van der Waals surface area contributed by atoms with Gasteiger partial charge < -0.3 is 0 Å². The van der Waals surface area contributed by atoms with Gasteiger partial charge in [-0.25, -0.2) is 0 Å². The topological polar surface area (TPSA) is 0 Å². The summed E-state index contributed by atoms with van der Waals surface area (Å²) in [6.45, 7) is 4.44. The Labute approximate surface area is 79.4 Å². The maximum atomic E-state index is 2.24. The Balaban J connectivity index is 2.78. The van der Waals surface area contributed by atoms with Gasteiger partial charge in [0.05, 0.1) is 0 Å². The van der Waals surface area contributed by atoms with Crippen molar-refractivity contribution in [2.45, 2.75) is 26.7 Å². The van der Waals surface area contributed by atoms with Crippen LogP contribution >= 0.6 is 11.8 Å². The first-order valence-corrected chi connectivity index (χ1v) is 5.55. The number of thioether (sulfide) groups is 1. The molecule has 0 saturated heterocycles. The summed E-state index contributed by atoms with van der Waals surface area (Å²) in [5.74, 6) is 1.18. The zero-order chi connectivity index (χ0) is 8.81.